The Morgan fingerprint density at radius 1 is 1.50 bits per heavy atom. The zero-order chi connectivity index (χ0) is 11.4. The Kier molecular flexibility index (Phi) is 4.22. The van der Waals surface area contributed by atoms with Crippen LogP contribution in [0.1, 0.15) is 39.0 Å². The van der Waals surface area contributed by atoms with Crippen LogP contribution in [-0.2, 0) is 4.79 Å². The van der Waals surface area contributed by atoms with Crippen molar-refractivity contribution in [3.05, 3.63) is 0 Å². The van der Waals surface area contributed by atoms with Crippen molar-refractivity contribution in [2.24, 2.45) is 17.8 Å². The number of piperidine rings is 1. The lowest BCUT2D eigenvalue weighted by Crippen LogP contribution is -2.31. The van der Waals surface area contributed by atoms with Crippen LogP contribution in [0, 0.1) is 17.8 Å². The monoisotopic (exact) mass is 224 g/mol. The summed E-state index contributed by atoms with van der Waals surface area (Å²) < 4.78 is 0. The minimum atomic E-state index is 0.254. The minimum Gasteiger partial charge on any atom is -0.356 e. The maximum Gasteiger partial charge on any atom is 0.220 e. The number of hydrogen-bond acceptors (Lipinski definition) is 2. The number of nitrogens with one attached hydrogen (secondary N) is 2. The number of carbonyl (C=O) groups excluding carboxylic acids is 1. The molecule has 0 aromatic rings. The fourth-order valence-electron chi connectivity index (χ4n) is 2.52. The summed E-state index contributed by atoms with van der Waals surface area (Å²) in [4.78, 5) is 11.6. The fraction of sp³-hybridized carbons (Fsp3) is 0.923. The van der Waals surface area contributed by atoms with Gasteiger partial charge in [-0.3, -0.25) is 4.79 Å². The second-order valence-corrected chi connectivity index (χ2v) is 5.53. The summed E-state index contributed by atoms with van der Waals surface area (Å²) in [5, 5.41) is 6.45. The predicted octanol–water partition coefficient (Wildman–Crippen LogP) is 1.54. The third-order valence-electron chi connectivity index (χ3n) is 4.02. The Hall–Kier alpha value is -0.570. The Morgan fingerprint density at radius 3 is 2.94 bits per heavy atom. The highest BCUT2D eigenvalue weighted by Gasteiger charge is 2.32. The first-order valence-electron chi connectivity index (χ1n) is 6.73. The highest BCUT2D eigenvalue weighted by atomic mass is 16.1. The van der Waals surface area contributed by atoms with Gasteiger partial charge in [-0.05, 0) is 56.5 Å². The molecule has 0 aromatic heterocycles. The second-order valence-electron chi connectivity index (χ2n) is 5.53. The molecule has 0 radical (unpaired) electrons. The van der Waals surface area contributed by atoms with Crippen molar-refractivity contribution in [3.8, 4) is 0 Å². The standard InChI is InChI=1S/C13H24N2O/c1-10-7-12(10)9-15-13(16)5-4-11-3-2-6-14-8-11/h10-12,14H,2-9H2,1H3,(H,15,16). The molecule has 2 N–H and O–H groups in total. The average Bonchev–Trinajstić information content (AvgIpc) is 3.01. The molecule has 2 aliphatic rings. The van der Waals surface area contributed by atoms with E-state index in [9.17, 15) is 4.79 Å². The van der Waals surface area contributed by atoms with Gasteiger partial charge in [0.05, 0.1) is 0 Å². The SMILES string of the molecule is CC1CC1CNC(=O)CCC1CCCNC1. The van der Waals surface area contributed by atoms with Gasteiger partial charge in [-0.1, -0.05) is 6.92 Å². The molecule has 3 unspecified atom stereocenters. The molecule has 2 fully saturated rings. The molecule has 1 saturated heterocycles. The molecule has 0 aromatic carbocycles. The molecule has 0 spiro atoms. The van der Waals surface area contributed by atoms with E-state index in [0.29, 0.717) is 6.42 Å². The van der Waals surface area contributed by atoms with E-state index in [1.54, 1.807) is 0 Å². The summed E-state index contributed by atoms with van der Waals surface area (Å²) >= 11 is 0. The number of carbonyl (C=O) groups is 1. The van der Waals surface area contributed by atoms with Crippen LogP contribution in [0.4, 0.5) is 0 Å². The molecule has 3 atom stereocenters. The van der Waals surface area contributed by atoms with Crippen LogP contribution in [0.25, 0.3) is 0 Å². The van der Waals surface area contributed by atoms with Gasteiger partial charge in [0.2, 0.25) is 5.91 Å². The quantitative estimate of drug-likeness (QED) is 0.743. The lowest BCUT2D eigenvalue weighted by molar-refractivity contribution is -0.121. The van der Waals surface area contributed by atoms with Crippen LogP contribution in [0.2, 0.25) is 0 Å². The molecule has 1 aliphatic carbocycles. The highest BCUT2D eigenvalue weighted by molar-refractivity contribution is 5.75. The Balaban J connectivity index is 1.52. The molecule has 0 bridgehead atoms. The van der Waals surface area contributed by atoms with Gasteiger partial charge in [-0.15, -0.1) is 0 Å². The van der Waals surface area contributed by atoms with Gasteiger partial charge in [0.15, 0.2) is 0 Å². The van der Waals surface area contributed by atoms with Gasteiger partial charge in [-0.2, -0.15) is 0 Å². The van der Waals surface area contributed by atoms with Gasteiger partial charge in [-0.25, -0.2) is 0 Å². The molecule has 1 aliphatic heterocycles. The smallest absolute Gasteiger partial charge is 0.220 e. The molecule has 2 rings (SSSR count). The van der Waals surface area contributed by atoms with Crippen LogP contribution >= 0.6 is 0 Å². The van der Waals surface area contributed by atoms with E-state index in [1.165, 1.54) is 19.3 Å². The third kappa shape index (κ3) is 3.78. The van der Waals surface area contributed by atoms with E-state index in [0.717, 1.165) is 43.8 Å². The topological polar surface area (TPSA) is 41.1 Å². The predicted molar refractivity (Wildman–Crippen MR) is 65.1 cm³/mol. The third-order valence-corrected chi connectivity index (χ3v) is 4.02. The molecule has 1 saturated carbocycles. The van der Waals surface area contributed by atoms with Gasteiger partial charge < -0.3 is 10.6 Å². The van der Waals surface area contributed by atoms with Gasteiger partial charge >= 0.3 is 0 Å². The van der Waals surface area contributed by atoms with E-state index in [4.69, 9.17) is 0 Å². The zero-order valence-corrected chi connectivity index (χ0v) is 10.3. The first kappa shape index (κ1) is 11.9. The summed E-state index contributed by atoms with van der Waals surface area (Å²) in [5.74, 6) is 2.58. The number of amides is 1. The summed E-state index contributed by atoms with van der Waals surface area (Å²) in [6.45, 7) is 5.42. The largest absolute Gasteiger partial charge is 0.356 e. The summed E-state index contributed by atoms with van der Waals surface area (Å²) in [5.41, 5.74) is 0. The van der Waals surface area contributed by atoms with Crippen molar-refractivity contribution >= 4 is 5.91 Å². The van der Waals surface area contributed by atoms with Crippen molar-refractivity contribution in [2.75, 3.05) is 19.6 Å². The van der Waals surface area contributed by atoms with Gasteiger partial charge in [0.25, 0.3) is 0 Å². The molecule has 92 valence electrons. The molecular weight excluding hydrogens is 200 g/mol. The van der Waals surface area contributed by atoms with Crippen molar-refractivity contribution in [2.45, 2.75) is 39.0 Å². The van der Waals surface area contributed by atoms with Gasteiger partial charge in [0.1, 0.15) is 0 Å². The van der Waals surface area contributed by atoms with E-state index < -0.39 is 0 Å². The van der Waals surface area contributed by atoms with E-state index in [2.05, 4.69) is 17.6 Å². The first-order chi connectivity index (χ1) is 7.75. The highest BCUT2D eigenvalue weighted by Crippen LogP contribution is 2.36. The van der Waals surface area contributed by atoms with Crippen LogP contribution in [0.3, 0.4) is 0 Å². The molecule has 16 heavy (non-hydrogen) atoms. The maximum absolute atomic E-state index is 11.6. The maximum atomic E-state index is 11.6. The first-order valence-corrected chi connectivity index (χ1v) is 6.73. The van der Waals surface area contributed by atoms with Gasteiger partial charge in [0, 0.05) is 13.0 Å². The van der Waals surface area contributed by atoms with Crippen molar-refractivity contribution in [1.29, 1.82) is 0 Å². The lowest BCUT2D eigenvalue weighted by atomic mass is 9.94. The summed E-state index contributed by atoms with van der Waals surface area (Å²) in [6.07, 6.45) is 5.63. The van der Waals surface area contributed by atoms with Crippen molar-refractivity contribution in [1.82, 2.24) is 10.6 Å². The zero-order valence-electron chi connectivity index (χ0n) is 10.3. The molecule has 3 heteroatoms. The van der Waals surface area contributed by atoms with Crippen molar-refractivity contribution in [3.63, 3.8) is 0 Å². The molecule has 3 nitrogen and oxygen atoms in total. The van der Waals surface area contributed by atoms with E-state index in [1.807, 2.05) is 0 Å². The van der Waals surface area contributed by atoms with Crippen LogP contribution in [0.15, 0.2) is 0 Å². The van der Waals surface area contributed by atoms with E-state index >= 15 is 0 Å². The minimum absolute atomic E-state index is 0.254. The fourth-order valence-corrected chi connectivity index (χ4v) is 2.52. The van der Waals surface area contributed by atoms with Crippen LogP contribution in [-0.4, -0.2) is 25.5 Å². The van der Waals surface area contributed by atoms with E-state index in [-0.39, 0.29) is 5.91 Å². The normalized spacial score (nSPS) is 33.4. The second kappa shape index (κ2) is 5.67. The molecule has 1 heterocycles. The van der Waals surface area contributed by atoms with Crippen LogP contribution in [0.5, 0.6) is 0 Å². The number of rotatable bonds is 5. The molecule has 1 amide bonds. The lowest BCUT2D eigenvalue weighted by Gasteiger charge is -2.22. The van der Waals surface area contributed by atoms with Crippen molar-refractivity contribution < 1.29 is 4.79 Å². The molecular formula is C13H24N2O. The summed E-state index contributed by atoms with van der Waals surface area (Å²) in [6, 6.07) is 0. The van der Waals surface area contributed by atoms with Crippen LogP contribution < -0.4 is 10.6 Å². The number of hydrogen-bond donors (Lipinski definition) is 2. The Bertz CT molecular complexity index is 236. The Labute approximate surface area is 98.4 Å². The Morgan fingerprint density at radius 2 is 2.31 bits per heavy atom. The average molecular weight is 224 g/mol. The summed E-state index contributed by atoms with van der Waals surface area (Å²) in [7, 11) is 0.